The van der Waals surface area contributed by atoms with E-state index in [1.807, 2.05) is 31.0 Å². The Hall–Kier alpha value is -1.62. The summed E-state index contributed by atoms with van der Waals surface area (Å²) in [6, 6.07) is 0.326. The molecular weight excluding hydrogens is 238 g/mol. The highest BCUT2D eigenvalue weighted by atomic mass is 15.2. The predicted molar refractivity (Wildman–Crippen MR) is 74.7 cm³/mol. The molecule has 1 aliphatic rings. The van der Waals surface area contributed by atoms with Gasteiger partial charge in [0, 0.05) is 30.8 Å². The van der Waals surface area contributed by atoms with E-state index >= 15 is 0 Å². The number of imidazole rings is 1. The van der Waals surface area contributed by atoms with Gasteiger partial charge in [-0.1, -0.05) is 6.42 Å². The first-order chi connectivity index (χ1) is 9.13. The third-order valence-electron chi connectivity index (χ3n) is 4.00. The molecule has 5 heteroatoms. The minimum atomic E-state index is 0.326. The Morgan fingerprint density at radius 2 is 2.26 bits per heavy atom. The lowest BCUT2D eigenvalue weighted by Gasteiger charge is -2.24. The molecule has 1 saturated carbocycles. The average Bonchev–Trinajstić information content (AvgIpc) is 2.96. The lowest BCUT2D eigenvalue weighted by atomic mass is 9.86. The van der Waals surface area contributed by atoms with Gasteiger partial charge in [0.25, 0.3) is 0 Å². The SMILES string of the molecule is Cc1nn(C)cc1-c1cnc(C2CCCC(N)C2)[nH]1. The number of nitrogens with one attached hydrogen (secondary N) is 1. The Bertz CT molecular complexity index is 568. The first-order valence-corrected chi connectivity index (χ1v) is 6.94. The van der Waals surface area contributed by atoms with Gasteiger partial charge in [-0.3, -0.25) is 4.68 Å². The van der Waals surface area contributed by atoms with Crippen LogP contribution in [0.2, 0.25) is 0 Å². The number of nitrogens with two attached hydrogens (primary N) is 1. The molecule has 2 aromatic rings. The summed E-state index contributed by atoms with van der Waals surface area (Å²) in [4.78, 5) is 8.01. The van der Waals surface area contributed by atoms with Crippen molar-refractivity contribution in [3.8, 4) is 11.3 Å². The second-order valence-corrected chi connectivity index (χ2v) is 5.61. The fourth-order valence-electron chi connectivity index (χ4n) is 3.02. The van der Waals surface area contributed by atoms with Crippen LogP contribution in [0.1, 0.15) is 43.1 Å². The number of aromatic amines is 1. The molecule has 0 saturated heterocycles. The Labute approximate surface area is 113 Å². The molecule has 0 amide bonds. The molecule has 2 atom stereocenters. The summed E-state index contributed by atoms with van der Waals surface area (Å²) in [6.45, 7) is 2.02. The van der Waals surface area contributed by atoms with Gasteiger partial charge in [-0.05, 0) is 26.2 Å². The van der Waals surface area contributed by atoms with Crippen molar-refractivity contribution >= 4 is 0 Å². The van der Waals surface area contributed by atoms with E-state index in [0.29, 0.717) is 12.0 Å². The first-order valence-electron chi connectivity index (χ1n) is 6.94. The van der Waals surface area contributed by atoms with Crippen LogP contribution in [0.4, 0.5) is 0 Å². The quantitative estimate of drug-likeness (QED) is 0.867. The summed E-state index contributed by atoms with van der Waals surface area (Å²) in [5.41, 5.74) is 9.26. The van der Waals surface area contributed by atoms with Crippen molar-refractivity contribution in [1.29, 1.82) is 0 Å². The fraction of sp³-hybridized carbons (Fsp3) is 0.571. The van der Waals surface area contributed by atoms with Gasteiger partial charge in [-0.25, -0.2) is 4.98 Å². The van der Waals surface area contributed by atoms with Crippen LogP contribution in [0.25, 0.3) is 11.3 Å². The Morgan fingerprint density at radius 3 is 2.95 bits per heavy atom. The number of aryl methyl sites for hydroxylation is 2. The maximum absolute atomic E-state index is 6.05. The largest absolute Gasteiger partial charge is 0.342 e. The van der Waals surface area contributed by atoms with Crippen LogP contribution in [0.3, 0.4) is 0 Å². The maximum Gasteiger partial charge on any atom is 0.109 e. The average molecular weight is 259 g/mol. The molecule has 19 heavy (non-hydrogen) atoms. The van der Waals surface area contributed by atoms with Crippen molar-refractivity contribution in [2.24, 2.45) is 12.8 Å². The number of nitrogens with zero attached hydrogens (tertiary/aromatic N) is 3. The first kappa shape index (κ1) is 12.4. The highest BCUT2D eigenvalue weighted by Crippen LogP contribution is 2.31. The van der Waals surface area contributed by atoms with Gasteiger partial charge in [0.1, 0.15) is 5.82 Å². The van der Waals surface area contributed by atoms with E-state index in [1.165, 1.54) is 12.8 Å². The second-order valence-electron chi connectivity index (χ2n) is 5.61. The molecule has 3 N–H and O–H groups in total. The molecule has 1 fully saturated rings. The van der Waals surface area contributed by atoms with Crippen molar-refractivity contribution < 1.29 is 0 Å². The standard InChI is InChI=1S/C14H21N5/c1-9-12(8-19(2)18-9)13-7-16-14(17-13)10-4-3-5-11(15)6-10/h7-8,10-11H,3-6,15H2,1-2H3,(H,16,17). The number of hydrogen-bond donors (Lipinski definition) is 2. The molecule has 0 spiro atoms. The predicted octanol–water partition coefficient (Wildman–Crippen LogP) is 2.10. The summed E-state index contributed by atoms with van der Waals surface area (Å²) in [7, 11) is 1.94. The van der Waals surface area contributed by atoms with Gasteiger partial charge in [-0.2, -0.15) is 5.10 Å². The normalized spacial score (nSPS) is 23.7. The van der Waals surface area contributed by atoms with Crippen LogP contribution in [0.15, 0.2) is 12.4 Å². The lowest BCUT2D eigenvalue weighted by Crippen LogP contribution is -2.27. The van der Waals surface area contributed by atoms with Crippen LogP contribution in [-0.4, -0.2) is 25.8 Å². The number of aromatic nitrogens is 4. The highest BCUT2D eigenvalue weighted by Gasteiger charge is 2.23. The molecule has 0 radical (unpaired) electrons. The Morgan fingerprint density at radius 1 is 1.42 bits per heavy atom. The molecule has 0 aliphatic heterocycles. The van der Waals surface area contributed by atoms with Crippen molar-refractivity contribution in [3.05, 3.63) is 23.9 Å². The summed E-state index contributed by atoms with van der Waals surface area (Å²) in [5, 5.41) is 4.37. The number of H-pyrrole nitrogens is 1. The molecule has 102 valence electrons. The summed E-state index contributed by atoms with van der Waals surface area (Å²) in [6.07, 6.45) is 8.52. The summed E-state index contributed by atoms with van der Waals surface area (Å²) in [5.74, 6) is 1.56. The molecule has 1 aliphatic carbocycles. The Balaban J connectivity index is 1.85. The highest BCUT2D eigenvalue weighted by molar-refractivity contribution is 5.60. The minimum absolute atomic E-state index is 0.326. The van der Waals surface area contributed by atoms with Gasteiger partial charge in [0.05, 0.1) is 17.6 Å². The molecular formula is C14H21N5. The van der Waals surface area contributed by atoms with Crippen molar-refractivity contribution in [3.63, 3.8) is 0 Å². The van der Waals surface area contributed by atoms with Gasteiger partial charge in [0.2, 0.25) is 0 Å². The molecule has 5 nitrogen and oxygen atoms in total. The van der Waals surface area contributed by atoms with Crippen molar-refractivity contribution in [1.82, 2.24) is 19.7 Å². The van der Waals surface area contributed by atoms with Crippen LogP contribution in [0.5, 0.6) is 0 Å². The minimum Gasteiger partial charge on any atom is -0.342 e. The Kier molecular flexibility index (Phi) is 3.14. The summed E-state index contributed by atoms with van der Waals surface area (Å²) >= 11 is 0. The maximum atomic E-state index is 6.05. The molecule has 3 rings (SSSR count). The van der Waals surface area contributed by atoms with E-state index in [9.17, 15) is 0 Å². The van der Waals surface area contributed by atoms with E-state index in [-0.39, 0.29) is 0 Å². The van der Waals surface area contributed by atoms with Gasteiger partial charge in [0.15, 0.2) is 0 Å². The van der Waals surface area contributed by atoms with Gasteiger partial charge in [-0.15, -0.1) is 0 Å². The molecule has 2 heterocycles. The van der Waals surface area contributed by atoms with Crippen molar-refractivity contribution in [2.45, 2.75) is 44.6 Å². The van der Waals surface area contributed by atoms with Crippen molar-refractivity contribution in [2.75, 3.05) is 0 Å². The van der Waals surface area contributed by atoms with Crippen LogP contribution < -0.4 is 5.73 Å². The van der Waals surface area contributed by atoms with Gasteiger partial charge < -0.3 is 10.7 Å². The van der Waals surface area contributed by atoms with E-state index in [1.54, 1.807) is 0 Å². The zero-order valence-corrected chi connectivity index (χ0v) is 11.6. The monoisotopic (exact) mass is 259 g/mol. The molecule has 2 unspecified atom stereocenters. The van der Waals surface area contributed by atoms with Crippen LogP contribution in [0, 0.1) is 6.92 Å². The van der Waals surface area contributed by atoms with Crippen LogP contribution >= 0.6 is 0 Å². The molecule has 0 bridgehead atoms. The van der Waals surface area contributed by atoms with E-state index in [4.69, 9.17) is 5.73 Å². The zero-order chi connectivity index (χ0) is 13.4. The fourth-order valence-corrected chi connectivity index (χ4v) is 3.02. The smallest absolute Gasteiger partial charge is 0.109 e. The third kappa shape index (κ3) is 2.42. The van der Waals surface area contributed by atoms with E-state index in [2.05, 4.69) is 15.1 Å². The van der Waals surface area contributed by atoms with Crippen LogP contribution in [-0.2, 0) is 7.05 Å². The summed E-state index contributed by atoms with van der Waals surface area (Å²) < 4.78 is 1.84. The molecule has 2 aromatic heterocycles. The topological polar surface area (TPSA) is 72.5 Å². The second kappa shape index (κ2) is 4.81. The van der Waals surface area contributed by atoms with E-state index < -0.39 is 0 Å². The van der Waals surface area contributed by atoms with Gasteiger partial charge >= 0.3 is 0 Å². The zero-order valence-electron chi connectivity index (χ0n) is 11.6. The number of hydrogen-bond acceptors (Lipinski definition) is 3. The third-order valence-corrected chi connectivity index (χ3v) is 4.00. The van der Waals surface area contributed by atoms with E-state index in [0.717, 1.165) is 35.6 Å². The lowest BCUT2D eigenvalue weighted by molar-refractivity contribution is 0.383. The molecule has 0 aromatic carbocycles. The number of rotatable bonds is 2.